The molecule has 2 aromatic rings. The molecule has 0 N–H and O–H groups in total. The Balaban J connectivity index is 2.44. The third-order valence-electron chi connectivity index (χ3n) is 3.22. The molecule has 0 saturated carbocycles. The lowest BCUT2D eigenvalue weighted by Crippen LogP contribution is -2.38. The highest BCUT2D eigenvalue weighted by atomic mass is 17.0. The average molecular weight is 344 g/mol. The summed E-state index contributed by atoms with van der Waals surface area (Å²) >= 11 is 0. The third kappa shape index (κ3) is 3.16. The fourth-order valence-corrected chi connectivity index (χ4v) is 2.14. The fourth-order valence-electron chi connectivity index (χ4n) is 2.14. The Morgan fingerprint density at radius 3 is 2.46 bits per heavy atom. The smallest absolute Gasteiger partial charge is 0.322 e. The van der Waals surface area contributed by atoms with Gasteiger partial charge in [-0.3, -0.25) is 13.9 Å². The van der Waals surface area contributed by atoms with Crippen molar-refractivity contribution >= 4 is 11.2 Å². The predicted octanol–water partition coefficient (Wildman–Crippen LogP) is -1.78. The number of nitrogens with zero attached hydrogens (tertiary/aromatic N) is 6. The number of fused-ring (bicyclic) bond motifs is 1. The summed E-state index contributed by atoms with van der Waals surface area (Å²) in [5, 5.41) is 18.5. The summed E-state index contributed by atoms with van der Waals surface area (Å²) in [5.41, 5.74) is -1.19. The zero-order valence-corrected chi connectivity index (χ0v) is 12.5. The first-order valence-electron chi connectivity index (χ1n) is 6.41. The van der Waals surface area contributed by atoms with Crippen molar-refractivity contribution in [3.8, 4) is 0 Å². The minimum absolute atomic E-state index is 0.00217. The first-order valence-corrected chi connectivity index (χ1v) is 6.41. The van der Waals surface area contributed by atoms with Crippen LogP contribution in [-0.4, -0.2) is 41.6 Å². The van der Waals surface area contributed by atoms with Crippen molar-refractivity contribution in [3.63, 3.8) is 0 Å². The molecule has 130 valence electrons. The monoisotopic (exact) mass is 344 g/mol. The summed E-state index contributed by atoms with van der Waals surface area (Å²) in [6.45, 7) is -1.04. The summed E-state index contributed by atoms with van der Waals surface area (Å²) in [7, 11) is 2.67. The van der Waals surface area contributed by atoms with E-state index in [1.807, 2.05) is 0 Å². The lowest BCUT2D eigenvalue weighted by molar-refractivity contribution is -0.790. The topological polar surface area (TPSA) is 167 Å². The molecule has 0 bridgehead atoms. The van der Waals surface area contributed by atoms with Crippen LogP contribution in [0, 0.1) is 20.2 Å². The predicted molar refractivity (Wildman–Crippen MR) is 75.0 cm³/mol. The van der Waals surface area contributed by atoms with Crippen LogP contribution in [0.4, 0.5) is 0 Å². The standard InChI is InChI=1S/C10H12N6O8/c1-12-8-7(9(17)13(2)10(12)18)14(5-11-8)3-6(24-16(21)22)4-23-15(19)20/h5-6H,3-4H2,1-2H3. The lowest BCUT2D eigenvalue weighted by atomic mass is 10.3. The largest absolute Gasteiger partial charge is 0.332 e. The van der Waals surface area contributed by atoms with Crippen LogP contribution >= 0.6 is 0 Å². The van der Waals surface area contributed by atoms with E-state index in [4.69, 9.17) is 0 Å². The Morgan fingerprint density at radius 2 is 1.88 bits per heavy atom. The molecule has 2 heterocycles. The van der Waals surface area contributed by atoms with Gasteiger partial charge in [-0.05, 0) is 0 Å². The van der Waals surface area contributed by atoms with Gasteiger partial charge in [0.1, 0.15) is 12.7 Å². The van der Waals surface area contributed by atoms with Gasteiger partial charge in [-0.2, -0.15) is 0 Å². The molecule has 0 amide bonds. The number of hydrogen-bond donors (Lipinski definition) is 0. The summed E-state index contributed by atoms with van der Waals surface area (Å²) in [4.78, 5) is 57.1. The van der Waals surface area contributed by atoms with Crippen LogP contribution in [0.5, 0.6) is 0 Å². The maximum Gasteiger partial charge on any atom is 0.332 e. The van der Waals surface area contributed by atoms with E-state index in [1.165, 1.54) is 25.0 Å². The second-order valence-electron chi connectivity index (χ2n) is 4.75. The Morgan fingerprint density at radius 1 is 1.21 bits per heavy atom. The molecule has 0 aliphatic carbocycles. The molecule has 24 heavy (non-hydrogen) atoms. The first-order chi connectivity index (χ1) is 11.2. The average Bonchev–Trinajstić information content (AvgIpc) is 2.91. The van der Waals surface area contributed by atoms with E-state index in [2.05, 4.69) is 14.7 Å². The van der Waals surface area contributed by atoms with Crippen molar-refractivity contribution in [2.75, 3.05) is 6.61 Å². The van der Waals surface area contributed by atoms with Gasteiger partial charge in [-0.1, -0.05) is 0 Å². The summed E-state index contributed by atoms with van der Waals surface area (Å²) in [5.74, 6) is 0. The van der Waals surface area contributed by atoms with E-state index in [0.29, 0.717) is 0 Å². The van der Waals surface area contributed by atoms with E-state index in [0.717, 1.165) is 9.13 Å². The molecular formula is C10H12N6O8. The van der Waals surface area contributed by atoms with Gasteiger partial charge in [0.2, 0.25) is 0 Å². The van der Waals surface area contributed by atoms with Crippen molar-refractivity contribution in [1.29, 1.82) is 0 Å². The zero-order valence-electron chi connectivity index (χ0n) is 12.5. The van der Waals surface area contributed by atoms with Crippen LogP contribution in [0.3, 0.4) is 0 Å². The zero-order chi connectivity index (χ0) is 18.0. The summed E-state index contributed by atoms with van der Waals surface area (Å²) in [6, 6.07) is 0. The highest BCUT2D eigenvalue weighted by molar-refractivity contribution is 5.69. The lowest BCUT2D eigenvalue weighted by Gasteiger charge is -2.14. The van der Waals surface area contributed by atoms with E-state index < -0.39 is 34.1 Å². The molecular weight excluding hydrogens is 332 g/mol. The number of imidazole rings is 1. The molecule has 0 fully saturated rings. The van der Waals surface area contributed by atoms with Gasteiger partial charge in [0.05, 0.1) is 12.9 Å². The maximum atomic E-state index is 12.2. The Labute approximate surface area is 131 Å². The van der Waals surface area contributed by atoms with Crippen molar-refractivity contribution in [3.05, 3.63) is 47.4 Å². The van der Waals surface area contributed by atoms with Gasteiger partial charge < -0.3 is 14.2 Å². The van der Waals surface area contributed by atoms with E-state index in [1.54, 1.807) is 0 Å². The molecule has 0 saturated heterocycles. The van der Waals surface area contributed by atoms with Crippen LogP contribution < -0.4 is 11.2 Å². The van der Waals surface area contributed by atoms with Gasteiger partial charge in [0.25, 0.3) is 15.7 Å². The molecule has 0 aliphatic heterocycles. The highest BCUT2D eigenvalue weighted by Crippen LogP contribution is 2.08. The van der Waals surface area contributed by atoms with E-state index >= 15 is 0 Å². The molecule has 0 radical (unpaired) electrons. The van der Waals surface area contributed by atoms with Gasteiger partial charge in [-0.15, -0.1) is 20.2 Å². The van der Waals surface area contributed by atoms with Crippen LogP contribution in [0.1, 0.15) is 0 Å². The Bertz CT molecular complexity index is 910. The molecule has 0 spiro atoms. The molecule has 0 aromatic carbocycles. The van der Waals surface area contributed by atoms with Gasteiger partial charge in [0, 0.05) is 14.1 Å². The summed E-state index contributed by atoms with van der Waals surface area (Å²) < 4.78 is 3.18. The van der Waals surface area contributed by atoms with Crippen LogP contribution in [-0.2, 0) is 30.3 Å². The first kappa shape index (κ1) is 16.9. The molecule has 1 atom stereocenters. The normalized spacial score (nSPS) is 12.1. The van der Waals surface area contributed by atoms with Crippen molar-refractivity contribution in [2.45, 2.75) is 12.6 Å². The third-order valence-corrected chi connectivity index (χ3v) is 3.22. The van der Waals surface area contributed by atoms with E-state index in [9.17, 15) is 29.8 Å². The molecule has 14 heteroatoms. The minimum atomic E-state index is -1.36. The highest BCUT2D eigenvalue weighted by Gasteiger charge is 2.20. The molecule has 14 nitrogen and oxygen atoms in total. The second kappa shape index (κ2) is 6.35. The fraction of sp³-hybridized carbons (Fsp3) is 0.500. The van der Waals surface area contributed by atoms with Crippen LogP contribution in [0.2, 0.25) is 0 Å². The minimum Gasteiger partial charge on any atom is -0.322 e. The van der Waals surface area contributed by atoms with Crippen LogP contribution in [0.25, 0.3) is 11.2 Å². The van der Waals surface area contributed by atoms with Gasteiger partial charge in [0.15, 0.2) is 11.2 Å². The Hall–Kier alpha value is -3.45. The summed E-state index contributed by atoms with van der Waals surface area (Å²) in [6.07, 6.45) is -0.182. The van der Waals surface area contributed by atoms with Gasteiger partial charge in [-0.25, -0.2) is 9.78 Å². The van der Waals surface area contributed by atoms with E-state index in [-0.39, 0.29) is 17.7 Å². The molecule has 2 rings (SSSR count). The van der Waals surface area contributed by atoms with Crippen LogP contribution in [0.15, 0.2) is 15.9 Å². The number of rotatable bonds is 7. The molecule has 1 unspecified atom stereocenters. The van der Waals surface area contributed by atoms with Crippen molar-refractivity contribution in [2.24, 2.45) is 14.1 Å². The molecule has 2 aromatic heterocycles. The molecule has 0 aliphatic rings. The van der Waals surface area contributed by atoms with Crippen molar-refractivity contribution < 1.29 is 19.8 Å². The SMILES string of the molecule is Cn1c(=O)c2c(ncn2CC(CO[N+](=O)[O-])O[N+](=O)[O-])n(C)c1=O. The van der Waals surface area contributed by atoms with Crippen molar-refractivity contribution in [1.82, 2.24) is 18.7 Å². The number of aryl methyl sites for hydroxylation is 1. The maximum absolute atomic E-state index is 12.2. The quantitative estimate of drug-likeness (QED) is 0.416. The number of aromatic nitrogens is 4. The Kier molecular flexibility index (Phi) is 4.47. The van der Waals surface area contributed by atoms with Gasteiger partial charge >= 0.3 is 5.69 Å². The second-order valence-corrected chi connectivity index (χ2v) is 4.75. The number of hydrogen-bond acceptors (Lipinski definition) is 9.